The molecule has 2 aromatic rings. The van der Waals surface area contributed by atoms with Crippen molar-refractivity contribution in [2.24, 2.45) is 0 Å². The Bertz CT molecular complexity index is 788. The summed E-state index contributed by atoms with van der Waals surface area (Å²) in [6, 6.07) is 14.5. The van der Waals surface area contributed by atoms with Gasteiger partial charge in [-0.1, -0.05) is 57.9 Å². The van der Waals surface area contributed by atoms with Crippen LogP contribution in [0.5, 0.6) is 11.5 Å². The van der Waals surface area contributed by atoms with E-state index in [1.807, 2.05) is 30.3 Å². The van der Waals surface area contributed by atoms with Crippen LogP contribution < -0.4 is 20.3 Å². The summed E-state index contributed by atoms with van der Waals surface area (Å²) in [5.41, 5.74) is 6.34. The third kappa shape index (κ3) is 7.49. The molecule has 0 heterocycles. The van der Waals surface area contributed by atoms with E-state index in [2.05, 4.69) is 31.6 Å². The highest BCUT2D eigenvalue weighted by Crippen LogP contribution is 2.19. The molecule has 2 amide bonds. The van der Waals surface area contributed by atoms with E-state index >= 15 is 0 Å². The van der Waals surface area contributed by atoms with Gasteiger partial charge in [-0.15, -0.1) is 0 Å². The number of ether oxygens (including phenoxy) is 2. The lowest BCUT2D eigenvalue weighted by Gasteiger charge is -2.12. The van der Waals surface area contributed by atoms with Crippen LogP contribution in [-0.4, -0.2) is 25.0 Å². The van der Waals surface area contributed by atoms with Crippen LogP contribution in [0.4, 0.5) is 0 Å². The molecule has 0 aliphatic rings. The summed E-state index contributed by atoms with van der Waals surface area (Å²) >= 11 is 0. The fraction of sp³-hybridized carbons (Fsp3) is 0.391. The van der Waals surface area contributed by atoms with E-state index in [4.69, 9.17) is 9.47 Å². The standard InChI is InChI=1S/C23H30N2O4/c1-4-5-8-15-28-21-10-7-6-9-20(21)23(27)25-24-22(26)16-29-19-13-11-18(12-14-19)17(2)3/h6-7,9-14,17H,4-5,8,15-16H2,1-3H3,(H,24,26)(H,25,27). The summed E-state index contributed by atoms with van der Waals surface area (Å²) in [6.07, 6.45) is 3.10. The van der Waals surface area contributed by atoms with Crippen molar-refractivity contribution in [3.63, 3.8) is 0 Å². The number of carbonyl (C=O) groups excluding carboxylic acids is 2. The van der Waals surface area contributed by atoms with Gasteiger partial charge in [-0.2, -0.15) is 0 Å². The van der Waals surface area contributed by atoms with E-state index in [1.165, 1.54) is 5.56 Å². The molecule has 0 bridgehead atoms. The molecule has 6 nitrogen and oxygen atoms in total. The van der Waals surface area contributed by atoms with Crippen LogP contribution in [0, 0.1) is 0 Å². The normalized spacial score (nSPS) is 10.5. The Hall–Kier alpha value is -3.02. The molecule has 29 heavy (non-hydrogen) atoms. The molecule has 0 aromatic heterocycles. The predicted molar refractivity (Wildman–Crippen MR) is 113 cm³/mol. The smallest absolute Gasteiger partial charge is 0.276 e. The molecule has 2 rings (SSSR count). The van der Waals surface area contributed by atoms with Crippen LogP contribution in [0.3, 0.4) is 0 Å². The minimum atomic E-state index is -0.451. The maximum atomic E-state index is 12.4. The van der Waals surface area contributed by atoms with E-state index in [-0.39, 0.29) is 6.61 Å². The molecule has 0 spiro atoms. The number of para-hydroxylation sites is 1. The monoisotopic (exact) mass is 398 g/mol. The molecule has 156 valence electrons. The zero-order valence-corrected chi connectivity index (χ0v) is 17.4. The van der Waals surface area contributed by atoms with Crippen LogP contribution in [-0.2, 0) is 4.79 Å². The lowest BCUT2D eigenvalue weighted by atomic mass is 10.0. The molecule has 0 atom stereocenters. The topological polar surface area (TPSA) is 76.7 Å². The molecule has 0 radical (unpaired) electrons. The number of hydrogen-bond donors (Lipinski definition) is 2. The van der Waals surface area contributed by atoms with Gasteiger partial charge in [0.25, 0.3) is 11.8 Å². The molecule has 2 N–H and O–H groups in total. The second-order valence-electron chi connectivity index (χ2n) is 7.07. The first-order valence-electron chi connectivity index (χ1n) is 10.0. The van der Waals surface area contributed by atoms with Crippen molar-refractivity contribution in [2.75, 3.05) is 13.2 Å². The average molecular weight is 399 g/mol. The van der Waals surface area contributed by atoms with Gasteiger partial charge in [0.05, 0.1) is 12.2 Å². The van der Waals surface area contributed by atoms with E-state index in [0.717, 1.165) is 19.3 Å². The second-order valence-corrected chi connectivity index (χ2v) is 7.07. The molecule has 0 unspecified atom stereocenters. The van der Waals surface area contributed by atoms with Crippen LogP contribution >= 0.6 is 0 Å². The maximum absolute atomic E-state index is 12.4. The van der Waals surface area contributed by atoms with E-state index in [1.54, 1.807) is 18.2 Å². The highest BCUT2D eigenvalue weighted by molar-refractivity contribution is 5.97. The number of hydrogen-bond acceptors (Lipinski definition) is 4. The van der Waals surface area contributed by atoms with Crippen LogP contribution in [0.1, 0.15) is 61.9 Å². The maximum Gasteiger partial charge on any atom is 0.276 e. The summed E-state index contributed by atoms with van der Waals surface area (Å²) in [6.45, 7) is 6.69. The zero-order chi connectivity index (χ0) is 21.1. The highest BCUT2D eigenvalue weighted by atomic mass is 16.5. The van der Waals surface area contributed by atoms with Crippen LogP contribution in [0.25, 0.3) is 0 Å². The van der Waals surface area contributed by atoms with Gasteiger partial charge in [0.2, 0.25) is 0 Å². The molecule has 0 saturated carbocycles. The first-order valence-corrected chi connectivity index (χ1v) is 10.0. The predicted octanol–water partition coefficient (Wildman–Crippen LogP) is 4.22. The summed E-state index contributed by atoms with van der Waals surface area (Å²) in [5.74, 6) is 0.637. The van der Waals surface area contributed by atoms with Gasteiger partial charge < -0.3 is 9.47 Å². The number of amides is 2. The molecule has 0 fully saturated rings. The summed E-state index contributed by atoms with van der Waals surface area (Å²) in [5, 5.41) is 0. The van der Waals surface area contributed by atoms with E-state index < -0.39 is 11.8 Å². The Labute approximate surface area is 172 Å². The molecular formula is C23H30N2O4. The fourth-order valence-corrected chi connectivity index (χ4v) is 2.64. The average Bonchev–Trinajstić information content (AvgIpc) is 2.74. The van der Waals surface area contributed by atoms with Gasteiger partial charge in [0, 0.05) is 0 Å². The van der Waals surface area contributed by atoms with Crippen molar-refractivity contribution in [3.05, 3.63) is 59.7 Å². The largest absolute Gasteiger partial charge is 0.493 e. The molecular weight excluding hydrogens is 368 g/mol. The van der Waals surface area contributed by atoms with Crippen molar-refractivity contribution < 1.29 is 19.1 Å². The zero-order valence-electron chi connectivity index (χ0n) is 17.4. The van der Waals surface area contributed by atoms with E-state index in [0.29, 0.717) is 29.6 Å². The van der Waals surface area contributed by atoms with Gasteiger partial charge in [0.1, 0.15) is 11.5 Å². The second kappa shape index (κ2) is 11.7. The lowest BCUT2D eigenvalue weighted by molar-refractivity contribution is -0.123. The number of nitrogens with one attached hydrogen (secondary N) is 2. The van der Waals surface area contributed by atoms with Crippen molar-refractivity contribution in [1.82, 2.24) is 10.9 Å². The van der Waals surface area contributed by atoms with Crippen molar-refractivity contribution in [3.8, 4) is 11.5 Å². The summed E-state index contributed by atoms with van der Waals surface area (Å²) in [7, 11) is 0. The van der Waals surface area contributed by atoms with Crippen LogP contribution in [0.15, 0.2) is 48.5 Å². The third-order valence-corrected chi connectivity index (χ3v) is 4.37. The molecule has 2 aromatic carbocycles. The Balaban J connectivity index is 1.80. The van der Waals surface area contributed by atoms with E-state index in [9.17, 15) is 9.59 Å². The number of unbranched alkanes of at least 4 members (excludes halogenated alkanes) is 2. The molecule has 0 saturated heterocycles. The number of benzene rings is 2. The fourth-order valence-electron chi connectivity index (χ4n) is 2.64. The van der Waals surface area contributed by atoms with Gasteiger partial charge >= 0.3 is 0 Å². The van der Waals surface area contributed by atoms with Gasteiger partial charge in [-0.3, -0.25) is 20.4 Å². The molecule has 0 aliphatic carbocycles. The quantitative estimate of drug-likeness (QED) is 0.464. The van der Waals surface area contributed by atoms with Gasteiger partial charge in [0.15, 0.2) is 6.61 Å². The molecule has 6 heteroatoms. The Kier molecular flexibility index (Phi) is 9.02. The first kappa shape index (κ1) is 22.3. The number of hydrazine groups is 1. The highest BCUT2D eigenvalue weighted by Gasteiger charge is 2.13. The SMILES string of the molecule is CCCCCOc1ccccc1C(=O)NNC(=O)COc1ccc(C(C)C)cc1. The van der Waals surface area contributed by atoms with Gasteiger partial charge in [-0.05, 0) is 42.2 Å². The minimum absolute atomic E-state index is 0.198. The van der Waals surface area contributed by atoms with Crippen molar-refractivity contribution in [2.45, 2.75) is 46.0 Å². The Morgan fingerprint density at radius 2 is 1.66 bits per heavy atom. The third-order valence-electron chi connectivity index (χ3n) is 4.37. The molecule has 0 aliphatic heterocycles. The number of rotatable bonds is 10. The Morgan fingerprint density at radius 1 is 0.931 bits per heavy atom. The minimum Gasteiger partial charge on any atom is -0.493 e. The first-order chi connectivity index (χ1) is 14.0. The van der Waals surface area contributed by atoms with Crippen LogP contribution in [0.2, 0.25) is 0 Å². The number of carbonyl (C=O) groups is 2. The summed E-state index contributed by atoms with van der Waals surface area (Å²) in [4.78, 5) is 24.4. The van der Waals surface area contributed by atoms with Gasteiger partial charge in [-0.25, -0.2) is 0 Å². The lowest BCUT2D eigenvalue weighted by Crippen LogP contribution is -2.43. The van der Waals surface area contributed by atoms with Crippen molar-refractivity contribution >= 4 is 11.8 Å². The Morgan fingerprint density at radius 3 is 2.34 bits per heavy atom. The summed E-state index contributed by atoms with van der Waals surface area (Å²) < 4.78 is 11.2. The van der Waals surface area contributed by atoms with Crippen molar-refractivity contribution in [1.29, 1.82) is 0 Å².